The zero-order valence-electron chi connectivity index (χ0n) is 21.8. The van der Waals surface area contributed by atoms with Crippen molar-refractivity contribution in [2.45, 2.75) is 31.3 Å². The number of hydrogen-bond acceptors (Lipinski definition) is 6. The predicted octanol–water partition coefficient (Wildman–Crippen LogP) is 5.29. The van der Waals surface area contributed by atoms with E-state index in [0.717, 1.165) is 42.6 Å². The van der Waals surface area contributed by atoms with Crippen LogP contribution in [-0.2, 0) is 16.6 Å². The normalized spacial score (nSPS) is 15.6. The van der Waals surface area contributed by atoms with Gasteiger partial charge in [-0.3, -0.25) is 4.57 Å². The Morgan fingerprint density at radius 3 is 2.58 bits per heavy atom. The summed E-state index contributed by atoms with van der Waals surface area (Å²) in [5.41, 5.74) is 1.83. The molecule has 8 nitrogen and oxygen atoms in total. The van der Waals surface area contributed by atoms with Gasteiger partial charge < -0.3 is 14.5 Å². The van der Waals surface area contributed by atoms with E-state index in [1.807, 2.05) is 35.8 Å². The third kappa shape index (κ3) is 5.51. The van der Waals surface area contributed by atoms with Gasteiger partial charge in [-0.15, -0.1) is 0 Å². The number of halogens is 1. The van der Waals surface area contributed by atoms with Crippen molar-refractivity contribution in [2.75, 3.05) is 38.1 Å². The molecule has 4 aromatic rings. The van der Waals surface area contributed by atoms with Gasteiger partial charge in [-0.1, -0.05) is 35.9 Å². The minimum absolute atomic E-state index is 0.180. The first-order valence-corrected chi connectivity index (χ1v) is 14.6. The second-order valence-corrected chi connectivity index (χ2v) is 11.7. The molecule has 0 spiro atoms. The lowest BCUT2D eigenvalue weighted by Gasteiger charge is -2.34. The smallest absolute Gasteiger partial charge is 0.302 e. The molecule has 1 aliphatic heterocycles. The van der Waals surface area contributed by atoms with Crippen LogP contribution in [0.5, 0.6) is 11.8 Å². The molecule has 1 saturated heterocycles. The molecule has 0 amide bonds. The van der Waals surface area contributed by atoms with E-state index < -0.39 is 16.1 Å². The van der Waals surface area contributed by atoms with Crippen molar-refractivity contribution in [1.82, 2.24) is 19.2 Å². The highest BCUT2D eigenvalue weighted by Gasteiger charge is 2.23. The second kappa shape index (κ2) is 10.9. The highest BCUT2D eigenvalue weighted by molar-refractivity contribution is 7.89. The van der Waals surface area contributed by atoms with E-state index in [0.29, 0.717) is 29.0 Å². The topological polar surface area (TPSA) is 79.7 Å². The summed E-state index contributed by atoms with van der Waals surface area (Å²) in [7, 11) is -1.66. The molecular formula is C28H32ClN5O3S. The summed E-state index contributed by atoms with van der Waals surface area (Å²) in [4.78, 5) is 9.33. The van der Waals surface area contributed by atoms with Crippen LogP contribution in [0.3, 0.4) is 0 Å². The number of nitrogens with zero attached hydrogens (tertiary/aromatic N) is 4. The zero-order valence-corrected chi connectivity index (χ0v) is 23.3. The molecule has 0 radical (unpaired) electrons. The Morgan fingerprint density at radius 1 is 1.05 bits per heavy atom. The Labute approximate surface area is 228 Å². The monoisotopic (exact) mass is 553 g/mol. The molecule has 5 rings (SSSR count). The molecule has 1 fully saturated rings. The number of imidazole rings is 1. The van der Waals surface area contributed by atoms with E-state index in [1.165, 1.54) is 0 Å². The number of likely N-dealkylation sites (N-methyl/N-ethyl adjacent to an activating group) is 1. The molecule has 0 aliphatic carbocycles. The van der Waals surface area contributed by atoms with Crippen molar-refractivity contribution in [3.05, 3.63) is 77.6 Å². The van der Waals surface area contributed by atoms with Crippen LogP contribution in [0.1, 0.15) is 25.6 Å². The number of fused-ring (bicyclic) bond motifs is 1. The van der Waals surface area contributed by atoms with Crippen molar-refractivity contribution in [3.63, 3.8) is 0 Å². The van der Waals surface area contributed by atoms with Gasteiger partial charge in [0.25, 0.3) is 0 Å². The van der Waals surface area contributed by atoms with Gasteiger partial charge in [0.15, 0.2) is 0 Å². The molecule has 1 atom stereocenters. The Kier molecular flexibility index (Phi) is 7.63. The lowest BCUT2D eigenvalue weighted by molar-refractivity contribution is 0.312. The Morgan fingerprint density at radius 2 is 1.82 bits per heavy atom. The van der Waals surface area contributed by atoms with E-state index >= 15 is 0 Å². The molecule has 1 unspecified atom stereocenters. The van der Waals surface area contributed by atoms with Gasteiger partial charge >= 0.3 is 6.01 Å². The molecule has 3 aromatic carbocycles. The summed E-state index contributed by atoms with van der Waals surface area (Å²) < 4.78 is 37.3. The number of nitrogens with one attached hydrogen (secondary N) is 1. The van der Waals surface area contributed by atoms with Gasteiger partial charge in [-0.2, -0.15) is 0 Å². The summed E-state index contributed by atoms with van der Waals surface area (Å²) in [6, 6.07) is 18.3. The number of aromatic nitrogens is 2. The quantitative estimate of drug-likeness (QED) is 0.319. The maximum absolute atomic E-state index is 13.2. The molecule has 200 valence electrons. The minimum Gasteiger partial charge on any atom is -0.425 e. The van der Waals surface area contributed by atoms with Gasteiger partial charge in [-0.05, 0) is 56.6 Å². The SMILES string of the molecule is CCn1c(C(C)NS(=O)(=O)c2ccc3c(Cl)cccc3c2)cnc1Oc1cccc(N2CCN(C)CC2)c1. The van der Waals surface area contributed by atoms with Gasteiger partial charge in [0.2, 0.25) is 10.0 Å². The van der Waals surface area contributed by atoms with Crippen LogP contribution in [0.15, 0.2) is 71.8 Å². The van der Waals surface area contributed by atoms with Crippen molar-refractivity contribution in [1.29, 1.82) is 0 Å². The maximum atomic E-state index is 13.2. The van der Waals surface area contributed by atoms with E-state index in [-0.39, 0.29) is 4.90 Å². The fourth-order valence-corrected chi connectivity index (χ4v) is 6.28. The average Bonchev–Trinajstić information content (AvgIpc) is 3.31. The molecule has 1 aromatic heterocycles. The van der Waals surface area contributed by atoms with E-state index in [2.05, 4.69) is 32.6 Å². The van der Waals surface area contributed by atoms with Crippen LogP contribution >= 0.6 is 11.6 Å². The number of piperazine rings is 1. The Bertz CT molecular complexity index is 1550. The molecule has 10 heteroatoms. The Balaban J connectivity index is 1.34. The van der Waals surface area contributed by atoms with Gasteiger partial charge in [0, 0.05) is 54.9 Å². The van der Waals surface area contributed by atoms with Crippen molar-refractivity contribution >= 4 is 38.1 Å². The van der Waals surface area contributed by atoms with Crippen LogP contribution in [0.2, 0.25) is 5.02 Å². The second-order valence-electron chi connectivity index (χ2n) is 9.57. The minimum atomic E-state index is -3.79. The third-order valence-electron chi connectivity index (χ3n) is 6.95. The van der Waals surface area contributed by atoms with Crippen LogP contribution in [0.25, 0.3) is 10.8 Å². The first-order valence-electron chi connectivity index (χ1n) is 12.7. The van der Waals surface area contributed by atoms with Crippen LogP contribution in [0.4, 0.5) is 5.69 Å². The lowest BCUT2D eigenvalue weighted by atomic mass is 10.1. The number of ether oxygens (including phenoxy) is 1. The number of sulfonamides is 1. The molecule has 2 heterocycles. The lowest BCUT2D eigenvalue weighted by Crippen LogP contribution is -2.44. The number of anilines is 1. The first-order chi connectivity index (χ1) is 18.2. The summed E-state index contributed by atoms with van der Waals surface area (Å²) >= 11 is 6.24. The molecule has 0 saturated carbocycles. The summed E-state index contributed by atoms with van der Waals surface area (Å²) in [5.74, 6) is 0.691. The maximum Gasteiger partial charge on any atom is 0.302 e. The third-order valence-corrected chi connectivity index (χ3v) is 8.81. The van der Waals surface area contributed by atoms with Gasteiger partial charge in [0.1, 0.15) is 5.75 Å². The number of rotatable bonds is 8. The van der Waals surface area contributed by atoms with E-state index in [4.69, 9.17) is 16.3 Å². The molecule has 1 N–H and O–H groups in total. The summed E-state index contributed by atoms with van der Waals surface area (Å²) in [6.45, 7) is 8.34. The summed E-state index contributed by atoms with van der Waals surface area (Å²) in [6.07, 6.45) is 1.66. The van der Waals surface area contributed by atoms with E-state index in [9.17, 15) is 8.42 Å². The fraction of sp³-hybridized carbons (Fsp3) is 0.321. The zero-order chi connectivity index (χ0) is 26.9. The number of benzene rings is 3. The Hall–Kier alpha value is -3.11. The fourth-order valence-electron chi connectivity index (χ4n) is 4.78. The average molecular weight is 554 g/mol. The van der Waals surface area contributed by atoms with Crippen LogP contribution in [0, 0.1) is 0 Å². The predicted molar refractivity (Wildman–Crippen MR) is 152 cm³/mol. The standard InChI is InChI=1S/C28H32ClN5O3S/c1-4-34-27(20(2)31-38(35,36)24-11-12-25-21(17-24)7-5-10-26(25)29)19-30-28(34)37-23-9-6-8-22(18-23)33-15-13-32(3)14-16-33/h5-12,17-20,31H,4,13-16H2,1-3H3. The highest BCUT2D eigenvalue weighted by atomic mass is 35.5. The van der Waals surface area contributed by atoms with E-state index in [1.54, 1.807) is 43.5 Å². The van der Waals surface area contributed by atoms with Crippen molar-refractivity contribution < 1.29 is 13.2 Å². The van der Waals surface area contributed by atoms with Crippen LogP contribution in [-0.4, -0.2) is 56.1 Å². The molecular weight excluding hydrogens is 522 g/mol. The largest absolute Gasteiger partial charge is 0.425 e. The molecule has 0 bridgehead atoms. The van der Waals surface area contributed by atoms with Crippen molar-refractivity contribution in [2.24, 2.45) is 0 Å². The van der Waals surface area contributed by atoms with Crippen LogP contribution < -0.4 is 14.4 Å². The van der Waals surface area contributed by atoms with Gasteiger partial charge in [-0.25, -0.2) is 18.1 Å². The summed E-state index contributed by atoms with van der Waals surface area (Å²) in [5, 5.41) is 2.16. The van der Waals surface area contributed by atoms with Crippen molar-refractivity contribution in [3.8, 4) is 11.8 Å². The van der Waals surface area contributed by atoms with Gasteiger partial charge in [0.05, 0.1) is 22.8 Å². The first kappa shape index (κ1) is 26.5. The highest BCUT2D eigenvalue weighted by Crippen LogP contribution is 2.30. The molecule has 38 heavy (non-hydrogen) atoms. The molecule has 1 aliphatic rings. The number of hydrogen-bond donors (Lipinski definition) is 1.